The van der Waals surface area contributed by atoms with Crippen molar-refractivity contribution < 1.29 is 0 Å². The van der Waals surface area contributed by atoms with E-state index in [1.54, 1.807) is 0 Å². The topological polar surface area (TPSA) is 12.4 Å². The lowest BCUT2D eigenvalue weighted by Crippen LogP contribution is -1.83. The third kappa shape index (κ3) is 2.37. The first-order chi connectivity index (χ1) is 5.86. The number of hydrogen-bond acceptors (Lipinski definition) is 1. The molecule has 0 heterocycles. The quantitative estimate of drug-likeness (QED) is 0.601. The molecule has 0 atom stereocenters. The van der Waals surface area contributed by atoms with Crippen LogP contribution in [0.4, 0.5) is 0 Å². The van der Waals surface area contributed by atoms with Gasteiger partial charge in [-0.25, -0.2) is 4.99 Å². The minimum Gasteiger partial charge on any atom is -0.239 e. The van der Waals surface area contributed by atoms with Gasteiger partial charge >= 0.3 is 0 Å². The Bertz CT molecular complexity index is 278. The first kappa shape index (κ1) is 8.76. The summed E-state index contributed by atoms with van der Waals surface area (Å²) in [5.41, 5.74) is 2.57. The second-order valence-corrected chi connectivity index (χ2v) is 2.64. The normalized spacial score (nSPS) is 9.08. The highest BCUT2D eigenvalue weighted by molar-refractivity contribution is 5.46. The molecule has 0 bridgehead atoms. The highest BCUT2D eigenvalue weighted by Gasteiger charge is 1.90. The molecule has 62 valence electrons. The lowest BCUT2D eigenvalue weighted by molar-refractivity contribution is 1.06. The molecule has 1 aromatic carbocycles. The molecule has 0 aliphatic rings. The Labute approximate surface area is 73.5 Å². The average molecular weight is 159 g/mol. The first-order valence-electron chi connectivity index (χ1n) is 4.13. The van der Waals surface area contributed by atoms with E-state index in [-0.39, 0.29) is 0 Å². The van der Waals surface area contributed by atoms with Gasteiger partial charge in [0.05, 0.1) is 6.54 Å². The maximum Gasteiger partial charge on any atom is 0.0734 e. The second-order valence-electron chi connectivity index (χ2n) is 2.64. The van der Waals surface area contributed by atoms with Crippen molar-refractivity contribution in [2.75, 3.05) is 0 Å². The minimum absolute atomic E-state index is 0.688. The van der Waals surface area contributed by atoms with Gasteiger partial charge in [0, 0.05) is 0 Å². The van der Waals surface area contributed by atoms with Crippen LogP contribution in [-0.4, -0.2) is 5.87 Å². The van der Waals surface area contributed by atoms with Crippen LogP contribution in [0.25, 0.3) is 0 Å². The van der Waals surface area contributed by atoms with Crippen LogP contribution in [-0.2, 0) is 13.0 Å². The molecule has 1 rings (SSSR count). The van der Waals surface area contributed by atoms with Gasteiger partial charge in [0.1, 0.15) is 0 Å². The lowest BCUT2D eigenvalue weighted by atomic mass is 10.1. The fourth-order valence-corrected chi connectivity index (χ4v) is 1.03. The van der Waals surface area contributed by atoms with Crippen LogP contribution in [0.3, 0.4) is 0 Å². The summed E-state index contributed by atoms with van der Waals surface area (Å²) in [7, 11) is 0. The Morgan fingerprint density at radius 3 is 2.33 bits per heavy atom. The SMILES string of the molecule is C=C=NCc1ccc(CC)cc1. The predicted molar refractivity (Wildman–Crippen MR) is 52.6 cm³/mol. The molecular weight excluding hydrogens is 146 g/mol. The number of benzene rings is 1. The van der Waals surface area contributed by atoms with Crippen LogP contribution < -0.4 is 0 Å². The summed E-state index contributed by atoms with van der Waals surface area (Å²) >= 11 is 0. The van der Waals surface area contributed by atoms with E-state index in [9.17, 15) is 0 Å². The highest BCUT2D eigenvalue weighted by atomic mass is 14.7. The van der Waals surface area contributed by atoms with Crippen molar-refractivity contribution in [2.45, 2.75) is 19.9 Å². The Morgan fingerprint density at radius 1 is 1.25 bits per heavy atom. The number of aliphatic imine (C=N–C) groups is 1. The Morgan fingerprint density at radius 2 is 1.83 bits per heavy atom. The van der Waals surface area contributed by atoms with Gasteiger partial charge in [-0.05, 0) is 30.0 Å². The molecule has 0 aliphatic heterocycles. The van der Waals surface area contributed by atoms with E-state index < -0.39 is 0 Å². The zero-order valence-corrected chi connectivity index (χ0v) is 7.38. The van der Waals surface area contributed by atoms with Gasteiger partial charge in [-0.1, -0.05) is 31.2 Å². The first-order valence-corrected chi connectivity index (χ1v) is 4.13. The number of aryl methyl sites for hydroxylation is 1. The number of nitrogens with zero attached hydrogens (tertiary/aromatic N) is 1. The van der Waals surface area contributed by atoms with Crippen molar-refractivity contribution in [1.82, 2.24) is 0 Å². The molecule has 0 saturated carbocycles. The zero-order valence-electron chi connectivity index (χ0n) is 7.38. The number of rotatable bonds is 3. The molecule has 0 amide bonds. The number of hydrogen-bond donors (Lipinski definition) is 0. The largest absolute Gasteiger partial charge is 0.239 e. The molecule has 12 heavy (non-hydrogen) atoms. The van der Waals surface area contributed by atoms with Crippen molar-refractivity contribution in [2.24, 2.45) is 4.99 Å². The Kier molecular flexibility index (Phi) is 3.31. The van der Waals surface area contributed by atoms with Gasteiger partial charge in [0.25, 0.3) is 0 Å². The molecule has 0 saturated heterocycles. The standard InChI is InChI=1S/C11H13N/c1-3-10-5-7-11(8-6-10)9-12-4-2/h5-8H,2-3,9H2,1H3. The molecule has 0 fully saturated rings. The van der Waals surface area contributed by atoms with Crippen LogP contribution >= 0.6 is 0 Å². The van der Waals surface area contributed by atoms with E-state index in [4.69, 9.17) is 0 Å². The minimum atomic E-state index is 0.688. The Balaban J connectivity index is 2.70. The molecule has 1 nitrogen and oxygen atoms in total. The second kappa shape index (κ2) is 4.53. The average Bonchev–Trinajstić information content (AvgIpc) is 2.15. The van der Waals surface area contributed by atoms with E-state index in [0.29, 0.717) is 6.54 Å². The van der Waals surface area contributed by atoms with Crippen molar-refractivity contribution >= 4 is 5.87 Å². The van der Waals surface area contributed by atoms with E-state index >= 15 is 0 Å². The smallest absolute Gasteiger partial charge is 0.0734 e. The van der Waals surface area contributed by atoms with Crippen molar-refractivity contribution in [3.63, 3.8) is 0 Å². The molecule has 1 heteroatoms. The van der Waals surface area contributed by atoms with Gasteiger partial charge in [0.15, 0.2) is 0 Å². The highest BCUT2D eigenvalue weighted by Crippen LogP contribution is 2.05. The molecular formula is C11H13N. The molecule has 0 unspecified atom stereocenters. The molecule has 0 aromatic heterocycles. The summed E-state index contributed by atoms with van der Waals surface area (Å²) in [6.07, 6.45) is 1.09. The maximum atomic E-state index is 3.94. The van der Waals surface area contributed by atoms with Crippen LogP contribution in [0.15, 0.2) is 35.8 Å². The van der Waals surface area contributed by atoms with Crippen LogP contribution in [0, 0.1) is 0 Å². The van der Waals surface area contributed by atoms with Crippen molar-refractivity contribution in [3.05, 3.63) is 42.0 Å². The molecule has 0 N–H and O–H groups in total. The summed E-state index contributed by atoms with van der Waals surface area (Å²) in [6, 6.07) is 8.46. The van der Waals surface area contributed by atoms with Crippen LogP contribution in [0.2, 0.25) is 0 Å². The third-order valence-corrected chi connectivity index (χ3v) is 1.80. The summed E-state index contributed by atoms with van der Waals surface area (Å²) in [6.45, 7) is 6.26. The zero-order chi connectivity index (χ0) is 8.81. The van der Waals surface area contributed by atoms with Gasteiger partial charge < -0.3 is 0 Å². The fraction of sp³-hybridized carbons (Fsp3) is 0.273. The fourth-order valence-electron chi connectivity index (χ4n) is 1.03. The summed E-state index contributed by atoms with van der Waals surface area (Å²) < 4.78 is 0. The summed E-state index contributed by atoms with van der Waals surface area (Å²) in [5, 5.41) is 0. The van der Waals surface area contributed by atoms with Gasteiger partial charge in [0.2, 0.25) is 0 Å². The van der Waals surface area contributed by atoms with Crippen LogP contribution in [0.5, 0.6) is 0 Å². The molecule has 0 spiro atoms. The lowest BCUT2D eigenvalue weighted by Gasteiger charge is -1.97. The Hall–Kier alpha value is -1.33. The van der Waals surface area contributed by atoms with E-state index in [1.165, 1.54) is 11.1 Å². The molecule has 0 radical (unpaired) electrons. The predicted octanol–water partition coefficient (Wildman–Crippen LogP) is 2.60. The van der Waals surface area contributed by atoms with Crippen LogP contribution in [0.1, 0.15) is 18.1 Å². The van der Waals surface area contributed by atoms with E-state index in [0.717, 1.165) is 6.42 Å². The van der Waals surface area contributed by atoms with E-state index in [2.05, 4.69) is 48.6 Å². The summed E-state index contributed by atoms with van der Waals surface area (Å²) in [4.78, 5) is 3.94. The summed E-state index contributed by atoms with van der Waals surface area (Å²) in [5.74, 6) is 2.52. The monoisotopic (exact) mass is 159 g/mol. The van der Waals surface area contributed by atoms with Crippen molar-refractivity contribution in [3.8, 4) is 0 Å². The van der Waals surface area contributed by atoms with Gasteiger partial charge in [-0.3, -0.25) is 0 Å². The molecule has 0 aliphatic carbocycles. The van der Waals surface area contributed by atoms with Gasteiger partial charge in [-0.2, -0.15) is 0 Å². The van der Waals surface area contributed by atoms with E-state index in [1.807, 2.05) is 0 Å². The van der Waals surface area contributed by atoms with Crippen molar-refractivity contribution in [1.29, 1.82) is 0 Å². The van der Waals surface area contributed by atoms with Gasteiger partial charge in [-0.15, -0.1) is 0 Å². The molecule has 1 aromatic rings. The third-order valence-electron chi connectivity index (χ3n) is 1.80. The maximum absolute atomic E-state index is 3.94.